The third kappa shape index (κ3) is 2.94. The van der Waals surface area contributed by atoms with Crippen LogP contribution in [-0.4, -0.2) is 9.55 Å². The minimum atomic E-state index is -0.00141. The van der Waals surface area contributed by atoms with Crippen LogP contribution in [0.2, 0.25) is 0 Å². The van der Waals surface area contributed by atoms with Crippen LogP contribution in [0.5, 0.6) is 0 Å². The fourth-order valence-corrected chi connectivity index (χ4v) is 3.40. The molecule has 0 radical (unpaired) electrons. The van der Waals surface area contributed by atoms with E-state index in [1.54, 1.807) is 0 Å². The smallest absolute Gasteiger partial charge is 0.125 e. The average molecular weight is 279 g/mol. The Labute approximate surface area is 120 Å². The molecule has 0 saturated heterocycles. The Kier molecular flexibility index (Phi) is 3.65. The van der Waals surface area contributed by atoms with Crippen molar-refractivity contribution in [3.8, 4) is 0 Å². The third-order valence-electron chi connectivity index (χ3n) is 3.32. The Morgan fingerprint density at radius 3 is 2.32 bits per heavy atom. The number of aromatic nitrogens is 2. The standard InChI is InChI=1S/C16H23ClN2/c1-15(2,3)11-16(4,5)19-13-9-7-6-8-12(13)18-14(19)10-17/h6-9H,10-11H2,1-5H3. The van der Waals surface area contributed by atoms with Crippen LogP contribution < -0.4 is 0 Å². The number of alkyl halides is 1. The molecule has 0 amide bonds. The van der Waals surface area contributed by atoms with Crippen molar-refractivity contribution in [3.05, 3.63) is 30.1 Å². The fraction of sp³-hybridized carbons (Fsp3) is 0.562. The molecule has 0 spiro atoms. The van der Waals surface area contributed by atoms with Crippen molar-refractivity contribution in [2.45, 2.75) is 52.5 Å². The minimum absolute atomic E-state index is 0.00141. The maximum absolute atomic E-state index is 6.10. The zero-order chi connectivity index (χ0) is 14.3. The maximum atomic E-state index is 6.10. The third-order valence-corrected chi connectivity index (χ3v) is 3.56. The topological polar surface area (TPSA) is 17.8 Å². The number of hydrogen-bond acceptors (Lipinski definition) is 1. The molecule has 1 aromatic heterocycles. The van der Waals surface area contributed by atoms with Gasteiger partial charge in [-0.15, -0.1) is 11.6 Å². The molecule has 1 heterocycles. The van der Waals surface area contributed by atoms with Gasteiger partial charge in [-0.2, -0.15) is 0 Å². The highest BCUT2D eigenvalue weighted by Gasteiger charge is 2.30. The minimum Gasteiger partial charge on any atom is -0.321 e. The Bertz CT molecular complexity index is 576. The van der Waals surface area contributed by atoms with Crippen LogP contribution in [0.25, 0.3) is 11.0 Å². The zero-order valence-electron chi connectivity index (χ0n) is 12.5. The van der Waals surface area contributed by atoms with E-state index in [0.29, 0.717) is 5.88 Å². The van der Waals surface area contributed by atoms with E-state index in [9.17, 15) is 0 Å². The monoisotopic (exact) mass is 278 g/mol. The maximum Gasteiger partial charge on any atom is 0.125 e. The van der Waals surface area contributed by atoms with E-state index < -0.39 is 0 Å². The first-order chi connectivity index (χ1) is 8.74. The lowest BCUT2D eigenvalue weighted by molar-refractivity contribution is 0.216. The molecule has 0 unspecified atom stereocenters. The van der Waals surface area contributed by atoms with Crippen LogP contribution in [0.1, 0.15) is 46.9 Å². The molecule has 2 rings (SSSR count). The zero-order valence-corrected chi connectivity index (χ0v) is 13.3. The predicted molar refractivity (Wildman–Crippen MR) is 82.7 cm³/mol. The Hall–Kier alpha value is -1.02. The van der Waals surface area contributed by atoms with Gasteiger partial charge in [-0.05, 0) is 37.8 Å². The molecular formula is C16H23ClN2. The van der Waals surface area contributed by atoms with Gasteiger partial charge >= 0.3 is 0 Å². The van der Waals surface area contributed by atoms with E-state index in [1.165, 1.54) is 5.52 Å². The van der Waals surface area contributed by atoms with E-state index in [4.69, 9.17) is 11.6 Å². The van der Waals surface area contributed by atoms with Gasteiger partial charge in [0, 0.05) is 5.54 Å². The van der Waals surface area contributed by atoms with Gasteiger partial charge in [-0.25, -0.2) is 4.98 Å². The highest BCUT2D eigenvalue weighted by molar-refractivity contribution is 6.16. The van der Waals surface area contributed by atoms with Crippen molar-refractivity contribution in [3.63, 3.8) is 0 Å². The average Bonchev–Trinajstić information content (AvgIpc) is 2.64. The highest BCUT2D eigenvalue weighted by atomic mass is 35.5. The van der Waals surface area contributed by atoms with E-state index in [1.807, 2.05) is 6.07 Å². The van der Waals surface area contributed by atoms with Crippen LogP contribution in [0, 0.1) is 5.41 Å². The predicted octanol–water partition coefficient (Wildman–Crippen LogP) is 4.95. The quantitative estimate of drug-likeness (QED) is 0.727. The summed E-state index contributed by atoms with van der Waals surface area (Å²) in [6.07, 6.45) is 1.07. The second-order valence-corrected chi connectivity index (χ2v) is 7.30. The number of fused-ring (bicyclic) bond motifs is 1. The number of benzene rings is 1. The molecule has 0 atom stereocenters. The van der Waals surface area contributed by atoms with Gasteiger partial charge in [0.2, 0.25) is 0 Å². The summed E-state index contributed by atoms with van der Waals surface area (Å²) in [5, 5.41) is 0. The van der Waals surface area contributed by atoms with Gasteiger partial charge < -0.3 is 4.57 Å². The summed E-state index contributed by atoms with van der Waals surface area (Å²) < 4.78 is 2.31. The van der Waals surface area contributed by atoms with Crippen molar-refractivity contribution in [1.82, 2.24) is 9.55 Å². The van der Waals surface area contributed by atoms with Crippen LogP contribution in [0.3, 0.4) is 0 Å². The van der Waals surface area contributed by atoms with E-state index in [2.05, 4.69) is 62.4 Å². The van der Waals surface area contributed by atoms with Crippen molar-refractivity contribution >= 4 is 22.6 Å². The van der Waals surface area contributed by atoms with Gasteiger partial charge in [-0.3, -0.25) is 0 Å². The fourth-order valence-electron chi connectivity index (χ4n) is 3.22. The molecule has 3 heteroatoms. The number of nitrogens with zero attached hydrogens (tertiary/aromatic N) is 2. The van der Waals surface area contributed by atoms with Crippen LogP contribution >= 0.6 is 11.6 Å². The van der Waals surface area contributed by atoms with E-state index >= 15 is 0 Å². The number of halogens is 1. The molecule has 0 aliphatic rings. The van der Waals surface area contributed by atoms with Gasteiger partial charge in [0.25, 0.3) is 0 Å². The van der Waals surface area contributed by atoms with Crippen LogP contribution in [-0.2, 0) is 11.4 Å². The first-order valence-electron chi connectivity index (χ1n) is 6.77. The summed E-state index contributed by atoms with van der Waals surface area (Å²) >= 11 is 6.10. The van der Waals surface area contributed by atoms with Gasteiger partial charge in [0.15, 0.2) is 0 Å². The molecule has 0 N–H and O–H groups in total. The molecule has 0 saturated carbocycles. The second kappa shape index (κ2) is 4.82. The number of hydrogen-bond donors (Lipinski definition) is 0. The van der Waals surface area contributed by atoms with Crippen LogP contribution in [0.15, 0.2) is 24.3 Å². The summed E-state index contributed by atoms with van der Waals surface area (Å²) in [4.78, 5) is 4.66. The SMILES string of the molecule is CC(C)(C)CC(C)(C)n1c(CCl)nc2ccccc21. The molecule has 104 valence electrons. The molecule has 19 heavy (non-hydrogen) atoms. The van der Waals surface area contributed by atoms with Crippen molar-refractivity contribution in [2.75, 3.05) is 0 Å². The van der Waals surface area contributed by atoms with Gasteiger partial charge in [0.1, 0.15) is 5.82 Å². The number of rotatable bonds is 3. The molecule has 0 bridgehead atoms. The summed E-state index contributed by atoms with van der Waals surface area (Å²) in [5.74, 6) is 1.40. The van der Waals surface area contributed by atoms with Crippen LogP contribution in [0.4, 0.5) is 0 Å². The summed E-state index contributed by atoms with van der Waals surface area (Å²) in [7, 11) is 0. The summed E-state index contributed by atoms with van der Waals surface area (Å²) in [6.45, 7) is 11.3. The Morgan fingerprint density at radius 1 is 1.11 bits per heavy atom. The normalized spacial score (nSPS) is 13.2. The van der Waals surface area contributed by atoms with Gasteiger partial charge in [0.05, 0.1) is 16.9 Å². The van der Waals surface area contributed by atoms with Crippen molar-refractivity contribution < 1.29 is 0 Å². The highest BCUT2D eigenvalue weighted by Crippen LogP contribution is 2.35. The van der Waals surface area contributed by atoms with Crippen molar-refractivity contribution in [2.24, 2.45) is 5.41 Å². The van der Waals surface area contributed by atoms with E-state index in [0.717, 1.165) is 17.8 Å². The molecule has 0 aliphatic carbocycles. The molecule has 1 aromatic carbocycles. The first kappa shape index (κ1) is 14.4. The van der Waals surface area contributed by atoms with Gasteiger partial charge in [-0.1, -0.05) is 32.9 Å². The summed E-state index contributed by atoms with van der Waals surface area (Å²) in [5.41, 5.74) is 2.46. The Balaban J connectivity index is 2.59. The number of para-hydroxylation sites is 2. The molecular weight excluding hydrogens is 256 g/mol. The number of imidazole rings is 1. The largest absolute Gasteiger partial charge is 0.321 e. The molecule has 0 aliphatic heterocycles. The first-order valence-corrected chi connectivity index (χ1v) is 7.31. The molecule has 0 fully saturated rings. The lowest BCUT2D eigenvalue weighted by Gasteiger charge is -2.35. The lowest BCUT2D eigenvalue weighted by atomic mass is 9.81. The molecule has 2 nitrogen and oxygen atoms in total. The second-order valence-electron chi connectivity index (χ2n) is 7.04. The van der Waals surface area contributed by atoms with E-state index in [-0.39, 0.29) is 11.0 Å². The molecule has 2 aromatic rings. The Morgan fingerprint density at radius 2 is 1.74 bits per heavy atom. The van der Waals surface area contributed by atoms with Crippen molar-refractivity contribution in [1.29, 1.82) is 0 Å². The summed E-state index contributed by atoms with van der Waals surface area (Å²) in [6, 6.07) is 8.26. The lowest BCUT2D eigenvalue weighted by Crippen LogP contribution is -2.32.